The van der Waals surface area contributed by atoms with Crippen LogP contribution in [-0.4, -0.2) is 38.9 Å². The molecule has 1 aromatic carbocycles. The van der Waals surface area contributed by atoms with E-state index in [1.807, 2.05) is 36.9 Å². The molecule has 1 aliphatic heterocycles. The zero-order valence-electron chi connectivity index (χ0n) is 15.5. The Kier molecular flexibility index (Phi) is 5.54. The zero-order valence-corrected chi connectivity index (χ0v) is 15.5. The van der Waals surface area contributed by atoms with Crippen molar-refractivity contribution in [1.29, 1.82) is 0 Å². The first kappa shape index (κ1) is 18.6. The van der Waals surface area contributed by atoms with Crippen molar-refractivity contribution < 1.29 is 14.4 Å². The van der Waals surface area contributed by atoms with Crippen molar-refractivity contribution in [1.82, 2.24) is 25.5 Å². The Morgan fingerprint density at radius 2 is 1.89 bits per heavy atom. The van der Waals surface area contributed by atoms with Gasteiger partial charge in [0.2, 0.25) is 5.91 Å². The molecule has 2 heterocycles. The summed E-state index contributed by atoms with van der Waals surface area (Å²) in [5, 5.41) is 4.21. The van der Waals surface area contributed by atoms with Gasteiger partial charge >= 0.3 is 0 Å². The third-order valence-electron chi connectivity index (χ3n) is 4.47. The molecular weight excluding hydrogens is 346 g/mol. The molecule has 8 heteroatoms. The van der Waals surface area contributed by atoms with Crippen LogP contribution in [0, 0.1) is 13.8 Å². The SMILES string of the molecule is Cc1cc(C)n(CC(=O)NNC(=O)c2ccc(CN3CCCC3=O)cc2)n1. The fourth-order valence-electron chi connectivity index (χ4n) is 3.06. The number of aromatic nitrogens is 2. The number of likely N-dealkylation sites (tertiary alicyclic amines) is 1. The molecule has 2 aromatic rings. The van der Waals surface area contributed by atoms with E-state index >= 15 is 0 Å². The number of hydrogen-bond acceptors (Lipinski definition) is 4. The summed E-state index contributed by atoms with van der Waals surface area (Å²) in [6.45, 7) is 5.08. The largest absolute Gasteiger partial charge is 0.338 e. The van der Waals surface area contributed by atoms with Gasteiger partial charge in [0.1, 0.15) is 6.54 Å². The third-order valence-corrected chi connectivity index (χ3v) is 4.47. The summed E-state index contributed by atoms with van der Waals surface area (Å²) in [6.07, 6.45) is 1.51. The molecule has 0 saturated carbocycles. The molecule has 1 saturated heterocycles. The van der Waals surface area contributed by atoms with Gasteiger partial charge in [-0.3, -0.25) is 29.9 Å². The van der Waals surface area contributed by atoms with E-state index in [0.717, 1.165) is 29.9 Å². The lowest BCUT2D eigenvalue weighted by atomic mass is 10.1. The highest BCUT2D eigenvalue weighted by Crippen LogP contribution is 2.14. The molecule has 2 N–H and O–H groups in total. The van der Waals surface area contributed by atoms with Crippen molar-refractivity contribution in [2.75, 3.05) is 6.54 Å². The Morgan fingerprint density at radius 1 is 1.15 bits per heavy atom. The second-order valence-corrected chi connectivity index (χ2v) is 6.70. The average molecular weight is 369 g/mol. The van der Waals surface area contributed by atoms with E-state index in [1.54, 1.807) is 16.8 Å². The van der Waals surface area contributed by atoms with E-state index in [-0.39, 0.29) is 18.4 Å². The van der Waals surface area contributed by atoms with Crippen molar-refractivity contribution in [3.05, 3.63) is 52.8 Å². The van der Waals surface area contributed by atoms with Crippen molar-refractivity contribution >= 4 is 17.7 Å². The topological polar surface area (TPSA) is 96.3 Å². The van der Waals surface area contributed by atoms with Crippen LogP contribution < -0.4 is 10.9 Å². The van der Waals surface area contributed by atoms with Gasteiger partial charge in [-0.25, -0.2) is 0 Å². The van der Waals surface area contributed by atoms with E-state index in [4.69, 9.17) is 0 Å². The van der Waals surface area contributed by atoms with Crippen LogP contribution in [0.25, 0.3) is 0 Å². The molecule has 1 fully saturated rings. The van der Waals surface area contributed by atoms with Gasteiger partial charge < -0.3 is 4.90 Å². The molecule has 0 bridgehead atoms. The van der Waals surface area contributed by atoms with Crippen LogP contribution in [0.15, 0.2) is 30.3 Å². The highest BCUT2D eigenvalue weighted by molar-refractivity contribution is 5.95. The van der Waals surface area contributed by atoms with E-state index in [9.17, 15) is 14.4 Å². The van der Waals surface area contributed by atoms with E-state index in [2.05, 4.69) is 16.0 Å². The lowest BCUT2D eigenvalue weighted by molar-refractivity contribution is -0.128. The Balaban J connectivity index is 1.49. The molecular formula is C19H23N5O3. The predicted octanol–water partition coefficient (Wildman–Crippen LogP) is 1.08. The summed E-state index contributed by atoms with van der Waals surface area (Å²) >= 11 is 0. The third kappa shape index (κ3) is 4.72. The van der Waals surface area contributed by atoms with Crippen LogP contribution in [0.3, 0.4) is 0 Å². The number of carbonyl (C=O) groups excluding carboxylic acids is 3. The van der Waals surface area contributed by atoms with Gasteiger partial charge in [-0.1, -0.05) is 12.1 Å². The number of nitrogens with one attached hydrogen (secondary N) is 2. The molecule has 3 amide bonds. The number of benzene rings is 1. The summed E-state index contributed by atoms with van der Waals surface area (Å²) in [4.78, 5) is 37.6. The van der Waals surface area contributed by atoms with E-state index in [1.165, 1.54) is 0 Å². The van der Waals surface area contributed by atoms with E-state index < -0.39 is 5.91 Å². The lowest BCUT2D eigenvalue weighted by Gasteiger charge is -2.15. The van der Waals surface area contributed by atoms with Gasteiger partial charge in [0.05, 0.1) is 5.69 Å². The first-order valence-corrected chi connectivity index (χ1v) is 8.89. The second-order valence-electron chi connectivity index (χ2n) is 6.70. The molecule has 3 rings (SSSR count). The summed E-state index contributed by atoms with van der Waals surface area (Å²) in [5.41, 5.74) is 7.90. The summed E-state index contributed by atoms with van der Waals surface area (Å²) < 4.78 is 1.57. The smallest absolute Gasteiger partial charge is 0.269 e. The maximum Gasteiger partial charge on any atom is 0.269 e. The summed E-state index contributed by atoms with van der Waals surface area (Å²) in [7, 11) is 0. The van der Waals surface area contributed by atoms with Gasteiger partial charge in [0.25, 0.3) is 11.8 Å². The molecule has 27 heavy (non-hydrogen) atoms. The standard InChI is InChI=1S/C19H23N5O3/c1-13-10-14(2)24(22-13)12-17(25)20-21-19(27)16-7-5-15(6-8-16)11-23-9-3-4-18(23)26/h5-8,10H,3-4,9,11-12H2,1-2H3,(H,20,25)(H,21,27). The van der Waals surface area contributed by atoms with E-state index in [0.29, 0.717) is 18.5 Å². The minimum Gasteiger partial charge on any atom is -0.338 e. The number of nitrogens with zero attached hydrogens (tertiary/aromatic N) is 3. The van der Waals surface area contributed by atoms with Crippen LogP contribution in [0.4, 0.5) is 0 Å². The number of hydrazine groups is 1. The Labute approximate surface area is 157 Å². The number of carbonyl (C=O) groups is 3. The van der Waals surface area contributed by atoms with Crippen LogP contribution in [0.1, 0.15) is 40.2 Å². The fraction of sp³-hybridized carbons (Fsp3) is 0.368. The van der Waals surface area contributed by atoms with Gasteiger partial charge in [0, 0.05) is 30.8 Å². The summed E-state index contributed by atoms with van der Waals surface area (Å²) in [5.74, 6) is -0.596. The monoisotopic (exact) mass is 369 g/mol. The molecule has 1 aromatic heterocycles. The maximum atomic E-state index is 12.2. The highest BCUT2D eigenvalue weighted by Gasteiger charge is 2.20. The van der Waals surface area contributed by atoms with Gasteiger partial charge in [0.15, 0.2) is 0 Å². The quantitative estimate of drug-likeness (QED) is 0.771. The first-order chi connectivity index (χ1) is 12.9. The van der Waals surface area contributed by atoms with Gasteiger partial charge in [-0.2, -0.15) is 5.10 Å². The van der Waals surface area contributed by atoms with Crippen molar-refractivity contribution in [3.63, 3.8) is 0 Å². The maximum absolute atomic E-state index is 12.2. The minimum absolute atomic E-state index is 0.0305. The van der Waals surface area contributed by atoms with Crippen LogP contribution >= 0.6 is 0 Å². The Bertz CT molecular complexity index is 857. The van der Waals surface area contributed by atoms with Crippen LogP contribution in [-0.2, 0) is 22.7 Å². The predicted molar refractivity (Wildman–Crippen MR) is 98.4 cm³/mol. The summed E-state index contributed by atoms with van der Waals surface area (Å²) in [6, 6.07) is 8.87. The molecule has 1 aliphatic rings. The van der Waals surface area contributed by atoms with Gasteiger partial charge in [-0.15, -0.1) is 0 Å². The van der Waals surface area contributed by atoms with Crippen LogP contribution in [0.5, 0.6) is 0 Å². The van der Waals surface area contributed by atoms with Crippen LogP contribution in [0.2, 0.25) is 0 Å². The van der Waals surface area contributed by atoms with Crippen molar-refractivity contribution in [2.24, 2.45) is 0 Å². The average Bonchev–Trinajstić information content (AvgIpc) is 3.18. The zero-order chi connectivity index (χ0) is 19.4. The normalized spacial score (nSPS) is 13.7. The number of aryl methyl sites for hydroxylation is 2. The molecule has 0 aliphatic carbocycles. The number of rotatable bonds is 5. The molecule has 0 spiro atoms. The Hall–Kier alpha value is -3.16. The minimum atomic E-state index is -0.402. The lowest BCUT2D eigenvalue weighted by Crippen LogP contribution is -2.43. The number of hydrogen-bond donors (Lipinski definition) is 2. The molecule has 142 valence electrons. The van der Waals surface area contributed by atoms with Crippen molar-refractivity contribution in [3.8, 4) is 0 Å². The molecule has 0 radical (unpaired) electrons. The molecule has 8 nitrogen and oxygen atoms in total. The van der Waals surface area contributed by atoms with Crippen molar-refractivity contribution in [2.45, 2.75) is 39.8 Å². The second kappa shape index (κ2) is 8.03. The number of amides is 3. The fourth-order valence-corrected chi connectivity index (χ4v) is 3.06. The molecule has 0 atom stereocenters. The Morgan fingerprint density at radius 3 is 2.48 bits per heavy atom. The highest BCUT2D eigenvalue weighted by atomic mass is 16.2. The first-order valence-electron chi connectivity index (χ1n) is 8.89. The van der Waals surface area contributed by atoms with Gasteiger partial charge in [-0.05, 0) is 44.0 Å². The molecule has 0 unspecified atom stereocenters.